The molecule has 0 radical (unpaired) electrons. The quantitative estimate of drug-likeness (QED) is 0.802. The minimum Gasteiger partial charge on any atom is -0.489 e. The zero-order valence-electron chi connectivity index (χ0n) is 10.1. The van der Waals surface area contributed by atoms with Gasteiger partial charge in [-0.3, -0.25) is 9.36 Å². The fraction of sp³-hybridized carbons (Fsp3) is 0.154. The second kappa shape index (κ2) is 5.55. The molecule has 96 valence electrons. The maximum atomic E-state index is 12.0. The number of hydrogen-bond donors (Lipinski definition) is 0. The van der Waals surface area contributed by atoms with Gasteiger partial charge >= 0.3 is 0 Å². The van der Waals surface area contributed by atoms with Gasteiger partial charge in [-0.25, -0.2) is 4.98 Å². The molecule has 1 heterocycles. The van der Waals surface area contributed by atoms with Gasteiger partial charge in [0.05, 0.1) is 31.6 Å². The smallest absolute Gasteiger partial charge is 0.297 e. The maximum absolute atomic E-state index is 12.0. The Hall–Kier alpha value is -2.32. The number of aromatic nitrogens is 2. The van der Waals surface area contributed by atoms with E-state index < -0.39 is 0 Å². The molecule has 0 unspecified atom stereocenters. The zero-order valence-corrected chi connectivity index (χ0v) is 10.9. The van der Waals surface area contributed by atoms with Crippen molar-refractivity contribution in [2.45, 2.75) is 6.54 Å². The molecule has 5 nitrogen and oxygen atoms in total. The Balaban J connectivity index is 2.39. The lowest BCUT2D eigenvalue weighted by molar-refractivity contribution is 0.401. The topological polar surface area (TPSA) is 67.9 Å². The van der Waals surface area contributed by atoms with Crippen LogP contribution in [-0.4, -0.2) is 16.7 Å². The molecule has 0 atom stereocenters. The molecule has 0 saturated carbocycles. The lowest BCUT2D eigenvalue weighted by atomic mass is 10.1. The summed E-state index contributed by atoms with van der Waals surface area (Å²) in [7, 11) is 1.37. The van der Waals surface area contributed by atoms with Gasteiger partial charge in [0.2, 0.25) is 5.75 Å². The van der Waals surface area contributed by atoms with Gasteiger partial charge in [0.25, 0.3) is 5.56 Å². The molecule has 0 fully saturated rings. The van der Waals surface area contributed by atoms with Crippen LogP contribution < -0.4 is 10.3 Å². The summed E-state index contributed by atoms with van der Waals surface area (Å²) in [6.45, 7) is 0.300. The van der Waals surface area contributed by atoms with E-state index in [2.05, 4.69) is 11.1 Å². The summed E-state index contributed by atoms with van der Waals surface area (Å²) in [6, 6.07) is 9.06. The summed E-state index contributed by atoms with van der Waals surface area (Å²) < 4.78 is 6.30. The monoisotopic (exact) mass is 275 g/mol. The molecule has 0 spiro atoms. The number of rotatable bonds is 3. The van der Waals surface area contributed by atoms with Gasteiger partial charge in [-0.2, -0.15) is 5.26 Å². The zero-order chi connectivity index (χ0) is 13.8. The molecule has 0 aliphatic heterocycles. The van der Waals surface area contributed by atoms with Crippen LogP contribution in [0.4, 0.5) is 0 Å². The normalized spacial score (nSPS) is 9.95. The minimum absolute atomic E-state index is 0.0144. The highest BCUT2D eigenvalue weighted by Crippen LogP contribution is 2.15. The van der Waals surface area contributed by atoms with E-state index in [0.29, 0.717) is 12.1 Å². The molecule has 6 heteroatoms. The van der Waals surface area contributed by atoms with E-state index in [9.17, 15) is 4.79 Å². The van der Waals surface area contributed by atoms with E-state index in [4.69, 9.17) is 21.6 Å². The molecule has 0 saturated heterocycles. The average Bonchev–Trinajstić information content (AvgIpc) is 2.43. The number of methoxy groups -OCH3 is 1. The highest BCUT2D eigenvalue weighted by molar-refractivity contribution is 6.30. The first-order valence-electron chi connectivity index (χ1n) is 5.43. The molecule has 0 N–H and O–H groups in total. The third-order valence-electron chi connectivity index (χ3n) is 2.57. The summed E-state index contributed by atoms with van der Waals surface area (Å²) in [5, 5.41) is 8.87. The Labute approximate surface area is 114 Å². The molecule has 2 aromatic rings. The van der Waals surface area contributed by atoms with Crippen LogP contribution in [0.2, 0.25) is 5.15 Å². The number of nitriles is 1. The molecule has 1 aromatic heterocycles. The summed E-state index contributed by atoms with van der Waals surface area (Å²) in [5.41, 5.74) is 1.01. The Kier molecular flexibility index (Phi) is 3.83. The average molecular weight is 276 g/mol. The van der Waals surface area contributed by atoms with Gasteiger partial charge in [0.1, 0.15) is 0 Å². The molecule has 0 bridgehead atoms. The van der Waals surface area contributed by atoms with Crippen LogP contribution in [-0.2, 0) is 6.54 Å². The summed E-state index contributed by atoms with van der Waals surface area (Å²) in [6.07, 6.45) is 1.35. The van der Waals surface area contributed by atoms with Crippen LogP contribution in [0.25, 0.3) is 0 Å². The first kappa shape index (κ1) is 13.1. The minimum atomic E-state index is -0.357. The standard InChI is InChI=1S/C13H10ClN3O2/c1-19-11-12(14)16-8-17(13(11)18)7-10-4-2-3-9(5-10)6-15/h2-5,8H,7H2,1H3. The molecule has 19 heavy (non-hydrogen) atoms. The SMILES string of the molecule is COc1c(Cl)ncn(Cc2cccc(C#N)c2)c1=O. The molecular weight excluding hydrogens is 266 g/mol. The number of ether oxygens (including phenoxy) is 1. The number of benzene rings is 1. The van der Waals surface area contributed by atoms with Crippen molar-refractivity contribution in [2.24, 2.45) is 0 Å². The van der Waals surface area contributed by atoms with Crippen LogP contribution in [0.3, 0.4) is 0 Å². The van der Waals surface area contributed by atoms with Crippen molar-refractivity contribution in [1.82, 2.24) is 9.55 Å². The Morgan fingerprint density at radius 2 is 2.32 bits per heavy atom. The highest BCUT2D eigenvalue weighted by atomic mass is 35.5. The number of nitrogens with zero attached hydrogens (tertiary/aromatic N) is 3. The van der Waals surface area contributed by atoms with E-state index in [1.54, 1.807) is 18.2 Å². The van der Waals surface area contributed by atoms with Crippen molar-refractivity contribution >= 4 is 11.6 Å². The van der Waals surface area contributed by atoms with Gasteiger partial charge in [-0.05, 0) is 17.7 Å². The fourth-order valence-electron chi connectivity index (χ4n) is 1.67. The number of halogens is 1. The van der Waals surface area contributed by atoms with Crippen LogP contribution in [0.1, 0.15) is 11.1 Å². The van der Waals surface area contributed by atoms with Crippen LogP contribution >= 0.6 is 11.6 Å². The van der Waals surface area contributed by atoms with E-state index in [0.717, 1.165) is 5.56 Å². The molecule has 0 aliphatic carbocycles. The molecule has 0 amide bonds. The van der Waals surface area contributed by atoms with Crippen LogP contribution in [0, 0.1) is 11.3 Å². The van der Waals surface area contributed by atoms with E-state index >= 15 is 0 Å². The summed E-state index contributed by atoms with van der Waals surface area (Å²) in [5.74, 6) is 0.0144. The van der Waals surface area contributed by atoms with Crippen molar-refractivity contribution in [3.05, 3.63) is 57.2 Å². The largest absolute Gasteiger partial charge is 0.489 e. The summed E-state index contributed by atoms with van der Waals surface area (Å²) >= 11 is 5.76. The molecule has 2 rings (SSSR count). The van der Waals surface area contributed by atoms with E-state index in [1.165, 1.54) is 18.0 Å². The first-order valence-corrected chi connectivity index (χ1v) is 5.81. The van der Waals surface area contributed by atoms with Gasteiger partial charge in [0.15, 0.2) is 5.15 Å². The Bertz CT molecular complexity index is 704. The summed E-state index contributed by atoms with van der Waals surface area (Å²) in [4.78, 5) is 15.9. The van der Waals surface area contributed by atoms with Crippen molar-refractivity contribution in [2.75, 3.05) is 7.11 Å². The molecule has 1 aromatic carbocycles. The van der Waals surface area contributed by atoms with Crippen molar-refractivity contribution in [1.29, 1.82) is 5.26 Å². The van der Waals surface area contributed by atoms with Crippen LogP contribution in [0.15, 0.2) is 35.4 Å². The van der Waals surface area contributed by atoms with Gasteiger partial charge < -0.3 is 4.74 Å². The molecular formula is C13H10ClN3O2. The predicted octanol–water partition coefficient (Wildman–Crippen LogP) is 1.83. The lowest BCUT2D eigenvalue weighted by Gasteiger charge is -2.08. The lowest BCUT2D eigenvalue weighted by Crippen LogP contribution is -2.22. The van der Waals surface area contributed by atoms with Crippen molar-refractivity contribution in [3.63, 3.8) is 0 Å². The van der Waals surface area contributed by atoms with Crippen molar-refractivity contribution in [3.8, 4) is 11.8 Å². The van der Waals surface area contributed by atoms with Crippen LogP contribution in [0.5, 0.6) is 5.75 Å². The van der Waals surface area contributed by atoms with Crippen molar-refractivity contribution < 1.29 is 4.74 Å². The fourth-order valence-corrected chi connectivity index (χ4v) is 1.87. The van der Waals surface area contributed by atoms with E-state index in [1.807, 2.05) is 6.07 Å². The highest BCUT2D eigenvalue weighted by Gasteiger charge is 2.10. The van der Waals surface area contributed by atoms with Gasteiger partial charge in [-0.1, -0.05) is 23.7 Å². The molecule has 0 aliphatic rings. The second-order valence-corrected chi connectivity index (χ2v) is 4.17. The third kappa shape index (κ3) is 2.75. The maximum Gasteiger partial charge on any atom is 0.297 e. The van der Waals surface area contributed by atoms with Gasteiger partial charge in [-0.15, -0.1) is 0 Å². The Morgan fingerprint density at radius 1 is 1.53 bits per heavy atom. The predicted molar refractivity (Wildman–Crippen MR) is 70.3 cm³/mol. The number of hydrogen-bond acceptors (Lipinski definition) is 4. The first-order chi connectivity index (χ1) is 9.15. The van der Waals surface area contributed by atoms with E-state index in [-0.39, 0.29) is 16.5 Å². The Morgan fingerprint density at radius 3 is 3.00 bits per heavy atom. The second-order valence-electron chi connectivity index (χ2n) is 3.81. The third-order valence-corrected chi connectivity index (χ3v) is 2.84. The van der Waals surface area contributed by atoms with Gasteiger partial charge in [0, 0.05) is 0 Å².